The number of carbonyl (C=O) groups excluding carboxylic acids is 2. The highest BCUT2D eigenvalue weighted by Gasteiger charge is 2.36. The third-order valence-electron chi connectivity index (χ3n) is 4.02. The molecule has 3 rings (SSSR count). The number of anilines is 1. The van der Waals surface area contributed by atoms with Crippen LogP contribution in [0, 0.1) is 17.6 Å². The SMILES string of the molecule is O=C(O)Cn1cc(CNC(=O)C2CC(=O)N(c3ccc(F)cc3F)C2)nn1. The van der Waals surface area contributed by atoms with Crippen LogP contribution in [0.15, 0.2) is 24.4 Å². The number of amides is 2. The molecule has 1 atom stereocenters. The number of hydrogen-bond donors (Lipinski definition) is 2. The molecular weight excluding hydrogens is 364 g/mol. The van der Waals surface area contributed by atoms with Crippen LogP contribution in [0.1, 0.15) is 12.1 Å². The molecule has 2 amide bonds. The molecule has 1 aromatic carbocycles. The predicted molar refractivity (Wildman–Crippen MR) is 86.3 cm³/mol. The molecule has 2 aromatic rings. The summed E-state index contributed by atoms with van der Waals surface area (Å²) in [6.07, 6.45) is 1.28. The molecule has 0 spiro atoms. The monoisotopic (exact) mass is 379 g/mol. The van der Waals surface area contributed by atoms with Crippen molar-refractivity contribution >= 4 is 23.5 Å². The zero-order chi connectivity index (χ0) is 19.6. The highest BCUT2D eigenvalue weighted by molar-refractivity contribution is 6.00. The summed E-state index contributed by atoms with van der Waals surface area (Å²) in [4.78, 5) is 36.1. The van der Waals surface area contributed by atoms with Crippen LogP contribution in [0.2, 0.25) is 0 Å². The first-order valence-electron chi connectivity index (χ1n) is 7.97. The van der Waals surface area contributed by atoms with Crippen LogP contribution in [0.5, 0.6) is 0 Å². The van der Waals surface area contributed by atoms with Gasteiger partial charge in [0.15, 0.2) is 0 Å². The van der Waals surface area contributed by atoms with Gasteiger partial charge in [-0.2, -0.15) is 0 Å². The van der Waals surface area contributed by atoms with Gasteiger partial charge in [0, 0.05) is 19.0 Å². The lowest BCUT2D eigenvalue weighted by atomic mass is 10.1. The van der Waals surface area contributed by atoms with E-state index in [0.717, 1.165) is 21.7 Å². The van der Waals surface area contributed by atoms with E-state index in [-0.39, 0.29) is 31.7 Å². The zero-order valence-corrected chi connectivity index (χ0v) is 13.9. The second kappa shape index (κ2) is 7.48. The van der Waals surface area contributed by atoms with E-state index < -0.39 is 35.3 Å². The van der Waals surface area contributed by atoms with E-state index in [1.807, 2.05) is 0 Å². The number of benzene rings is 1. The number of carboxylic acids is 1. The van der Waals surface area contributed by atoms with Crippen LogP contribution in [0.4, 0.5) is 14.5 Å². The Morgan fingerprint density at radius 3 is 2.81 bits per heavy atom. The number of hydrogen-bond acceptors (Lipinski definition) is 5. The molecule has 11 heteroatoms. The molecule has 2 N–H and O–H groups in total. The smallest absolute Gasteiger partial charge is 0.325 e. The summed E-state index contributed by atoms with van der Waals surface area (Å²) in [5.41, 5.74) is 0.281. The molecule has 1 aromatic heterocycles. The Morgan fingerprint density at radius 2 is 2.11 bits per heavy atom. The molecule has 1 aliphatic rings. The molecule has 142 valence electrons. The molecule has 1 unspecified atom stereocenters. The van der Waals surface area contributed by atoms with Crippen LogP contribution in [-0.2, 0) is 27.5 Å². The van der Waals surface area contributed by atoms with Gasteiger partial charge in [0.25, 0.3) is 0 Å². The fourth-order valence-corrected chi connectivity index (χ4v) is 2.77. The molecule has 9 nitrogen and oxygen atoms in total. The predicted octanol–water partition coefficient (Wildman–Crippen LogP) is 0.310. The second-order valence-corrected chi connectivity index (χ2v) is 6.02. The van der Waals surface area contributed by atoms with Gasteiger partial charge in [-0.25, -0.2) is 13.5 Å². The van der Waals surface area contributed by atoms with Crippen molar-refractivity contribution in [2.75, 3.05) is 11.4 Å². The second-order valence-electron chi connectivity index (χ2n) is 6.02. The van der Waals surface area contributed by atoms with Crippen molar-refractivity contribution in [2.45, 2.75) is 19.5 Å². The van der Waals surface area contributed by atoms with Crippen molar-refractivity contribution in [1.29, 1.82) is 0 Å². The minimum atomic E-state index is -1.08. The summed E-state index contributed by atoms with van der Waals surface area (Å²) >= 11 is 0. The number of nitrogens with one attached hydrogen (secondary N) is 1. The van der Waals surface area contributed by atoms with E-state index in [2.05, 4.69) is 15.6 Å². The first-order chi connectivity index (χ1) is 12.8. The van der Waals surface area contributed by atoms with Crippen molar-refractivity contribution in [1.82, 2.24) is 20.3 Å². The molecule has 1 aliphatic heterocycles. The average molecular weight is 379 g/mol. The van der Waals surface area contributed by atoms with Crippen LogP contribution in [0.25, 0.3) is 0 Å². The fraction of sp³-hybridized carbons (Fsp3) is 0.312. The molecule has 2 heterocycles. The molecule has 1 saturated heterocycles. The molecular formula is C16H15F2N5O4. The Hall–Kier alpha value is -3.37. The van der Waals surface area contributed by atoms with Crippen LogP contribution >= 0.6 is 0 Å². The Labute approximate surface area is 151 Å². The summed E-state index contributed by atoms with van der Waals surface area (Å²) in [5, 5.41) is 18.6. The van der Waals surface area contributed by atoms with Gasteiger partial charge in [-0.3, -0.25) is 14.4 Å². The Bertz CT molecular complexity index is 901. The molecule has 0 saturated carbocycles. The maximum atomic E-state index is 13.9. The highest BCUT2D eigenvalue weighted by atomic mass is 19.1. The quantitative estimate of drug-likeness (QED) is 0.746. The molecule has 0 radical (unpaired) electrons. The summed E-state index contributed by atoms with van der Waals surface area (Å²) in [6, 6.07) is 2.87. The van der Waals surface area contributed by atoms with Crippen LogP contribution < -0.4 is 10.2 Å². The lowest BCUT2D eigenvalue weighted by molar-refractivity contribution is -0.138. The molecule has 0 aliphatic carbocycles. The first-order valence-corrected chi connectivity index (χ1v) is 7.97. The van der Waals surface area contributed by atoms with Crippen molar-refractivity contribution in [2.24, 2.45) is 5.92 Å². The maximum Gasteiger partial charge on any atom is 0.325 e. The fourth-order valence-electron chi connectivity index (χ4n) is 2.77. The van der Waals surface area contributed by atoms with Gasteiger partial charge in [0.05, 0.1) is 24.3 Å². The summed E-state index contributed by atoms with van der Waals surface area (Å²) in [5.74, 6) is -4.27. The topological polar surface area (TPSA) is 117 Å². The van der Waals surface area contributed by atoms with Crippen molar-refractivity contribution in [3.63, 3.8) is 0 Å². The summed E-state index contributed by atoms with van der Waals surface area (Å²) in [6.45, 7) is -0.372. The minimum Gasteiger partial charge on any atom is -0.480 e. The van der Waals surface area contributed by atoms with Gasteiger partial charge in [0.2, 0.25) is 11.8 Å². The van der Waals surface area contributed by atoms with Crippen LogP contribution in [0.3, 0.4) is 0 Å². The molecule has 27 heavy (non-hydrogen) atoms. The largest absolute Gasteiger partial charge is 0.480 e. The third kappa shape index (κ3) is 4.25. The van der Waals surface area contributed by atoms with Gasteiger partial charge in [-0.05, 0) is 12.1 Å². The number of aliphatic carboxylic acids is 1. The normalized spacial score (nSPS) is 16.6. The number of halogens is 2. The van der Waals surface area contributed by atoms with Gasteiger partial charge >= 0.3 is 5.97 Å². The van der Waals surface area contributed by atoms with E-state index in [1.54, 1.807) is 0 Å². The third-order valence-corrected chi connectivity index (χ3v) is 4.02. The Morgan fingerprint density at radius 1 is 1.33 bits per heavy atom. The molecule has 1 fully saturated rings. The average Bonchev–Trinajstić information content (AvgIpc) is 3.19. The number of rotatable bonds is 6. The summed E-state index contributed by atoms with van der Waals surface area (Å²) < 4.78 is 28.0. The Kier molecular flexibility index (Phi) is 5.10. The zero-order valence-electron chi connectivity index (χ0n) is 13.9. The van der Waals surface area contributed by atoms with E-state index in [1.165, 1.54) is 6.20 Å². The minimum absolute atomic E-state index is 0.00799. The van der Waals surface area contributed by atoms with E-state index in [0.29, 0.717) is 11.8 Å². The van der Waals surface area contributed by atoms with E-state index in [4.69, 9.17) is 5.11 Å². The standard InChI is InChI=1S/C16H15F2N5O4/c17-10-1-2-13(12(18)4-10)23-6-9(3-14(23)24)16(27)19-5-11-7-22(21-20-11)8-15(25)26/h1-2,4,7,9H,3,5-6,8H2,(H,19,27)(H,25,26). The van der Waals surface area contributed by atoms with Crippen molar-refractivity contribution in [3.8, 4) is 0 Å². The summed E-state index contributed by atoms with van der Waals surface area (Å²) in [7, 11) is 0. The van der Waals surface area contributed by atoms with E-state index in [9.17, 15) is 23.2 Å². The Balaban J connectivity index is 1.59. The van der Waals surface area contributed by atoms with Gasteiger partial charge in [0.1, 0.15) is 23.9 Å². The maximum absolute atomic E-state index is 13.9. The van der Waals surface area contributed by atoms with Gasteiger partial charge in [-0.15, -0.1) is 5.10 Å². The van der Waals surface area contributed by atoms with Gasteiger partial charge in [-0.1, -0.05) is 5.21 Å². The lowest BCUT2D eigenvalue weighted by Gasteiger charge is -2.17. The number of carbonyl (C=O) groups is 3. The van der Waals surface area contributed by atoms with Crippen LogP contribution in [-0.4, -0.2) is 44.4 Å². The number of nitrogens with zero attached hydrogens (tertiary/aromatic N) is 4. The highest BCUT2D eigenvalue weighted by Crippen LogP contribution is 2.28. The number of aromatic nitrogens is 3. The molecule has 0 bridgehead atoms. The lowest BCUT2D eigenvalue weighted by Crippen LogP contribution is -2.33. The van der Waals surface area contributed by atoms with Gasteiger partial charge < -0.3 is 15.3 Å². The number of carboxylic acid groups (broad SMARTS) is 1. The van der Waals surface area contributed by atoms with E-state index >= 15 is 0 Å². The first kappa shape index (κ1) is 18.4. The van der Waals surface area contributed by atoms with Crippen molar-refractivity contribution in [3.05, 3.63) is 41.7 Å². The van der Waals surface area contributed by atoms with Crippen molar-refractivity contribution < 1.29 is 28.3 Å².